The molecular weight excluding hydrogens is 326 g/mol. The Balaban J connectivity index is 1.59. The Hall–Kier alpha value is -1.59. The number of aryl methyl sites for hydroxylation is 1. The van der Waals surface area contributed by atoms with Crippen molar-refractivity contribution in [2.24, 2.45) is 0 Å². The summed E-state index contributed by atoms with van der Waals surface area (Å²) in [6.45, 7) is 7.05. The molecule has 5 heteroatoms. The van der Waals surface area contributed by atoms with Gasteiger partial charge >= 0.3 is 6.03 Å². The summed E-state index contributed by atoms with van der Waals surface area (Å²) in [7, 11) is 1.88. The third kappa shape index (κ3) is 4.57. The average molecular weight is 360 g/mol. The third-order valence-electron chi connectivity index (χ3n) is 6.05. The zero-order chi connectivity index (χ0) is 18.4. The maximum Gasteiger partial charge on any atom is 0.317 e. The minimum Gasteiger partial charge on any atom is -0.379 e. The van der Waals surface area contributed by atoms with Crippen molar-refractivity contribution in [1.82, 2.24) is 15.1 Å². The van der Waals surface area contributed by atoms with E-state index >= 15 is 0 Å². The van der Waals surface area contributed by atoms with Crippen LogP contribution in [0.15, 0.2) is 24.3 Å². The molecule has 0 radical (unpaired) electrons. The van der Waals surface area contributed by atoms with E-state index in [1.165, 1.54) is 43.2 Å². The highest BCUT2D eigenvalue weighted by Gasteiger charge is 2.39. The quantitative estimate of drug-likeness (QED) is 0.878. The van der Waals surface area contributed by atoms with E-state index in [0.717, 1.165) is 32.8 Å². The maximum atomic E-state index is 12.7. The minimum atomic E-state index is 0.0199. The molecule has 1 aliphatic heterocycles. The Kier molecular flexibility index (Phi) is 6.54. The van der Waals surface area contributed by atoms with Gasteiger partial charge in [-0.25, -0.2) is 4.79 Å². The van der Waals surface area contributed by atoms with Crippen LogP contribution in [0.5, 0.6) is 0 Å². The molecule has 1 aliphatic carbocycles. The van der Waals surface area contributed by atoms with Gasteiger partial charge in [-0.2, -0.15) is 0 Å². The highest BCUT2D eigenvalue weighted by molar-refractivity contribution is 5.74. The van der Waals surface area contributed by atoms with E-state index < -0.39 is 0 Å². The van der Waals surface area contributed by atoms with E-state index in [1.807, 2.05) is 19.2 Å². The van der Waals surface area contributed by atoms with Crippen molar-refractivity contribution in [3.05, 3.63) is 35.4 Å². The van der Waals surface area contributed by atoms with Gasteiger partial charge in [0.15, 0.2) is 0 Å². The molecule has 1 heterocycles. The lowest BCUT2D eigenvalue weighted by Gasteiger charge is -2.48. The summed E-state index contributed by atoms with van der Waals surface area (Å²) in [6.07, 6.45) is 6.18. The molecule has 2 amide bonds. The smallest absolute Gasteiger partial charge is 0.317 e. The van der Waals surface area contributed by atoms with Crippen LogP contribution in [0.2, 0.25) is 0 Å². The van der Waals surface area contributed by atoms with Crippen molar-refractivity contribution < 1.29 is 9.53 Å². The van der Waals surface area contributed by atoms with Crippen molar-refractivity contribution in [1.29, 1.82) is 0 Å². The van der Waals surface area contributed by atoms with Crippen LogP contribution in [-0.4, -0.2) is 61.3 Å². The first-order valence-electron chi connectivity index (χ1n) is 9.97. The molecule has 5 nitrogen and oxygen atoms in total. The van der Waals surface area contributed by atoms with Crippen LogP contribution in [0.1, 0.15) is 43.2 Å². The molecule has 0 unspecified atom stereocenters. The number of hydrogen-bond acceptors (Lipinski definition) is 3. The van der Waals surface area contributed by atoms with Gasteiger partial charge in [-0.1, -0.05) is 43.5 Å². The third-order valence-corrected chi connectivity index (χ3v) is 6.05. The van der Waals surface area contributed by atoms with Crippen LogP contribution in [0, 0.1) is 6.92 Å². The number of urea groups is 1. The molecule has 0 aromatic heterocycles. The molecule has 26 heavy (non-hydrogen) atoms. The highest BCUT2D eigenvalue weighted by atomic mass is 16.5. The summed E-state index contributed by atoms with van der Waals surface area (Å²) in [6, 6.07) is 8.27. The number of nitrogens with zero attached hydrogens (tertiary/aromatic N) is 2. The first kappa shape index (κ1) is 19.2. The molecule has 1 aromatic rings. The SMILES string of the molecule is Cc1ccccc1CN(C)C(=O)NCC1(N2CCOCC2)CCCCC1. The molecular formula is C21H33N3O2. The Morgan fingerprint density at radius 2 is 1.88 bits per heavy atom. The summed E-state index contributed by atoms with van der Waals surface area (Å²) >= 11 is 0. The second-order valence-electron chi connectivity index (χ2n) is 7.83. The summed E-state index contributed by atoms with van der Waals surface area (Å²) in [5.74, 6) is 0. The molecule has 0 atom stereocenters. The number of hydrogen-bond donors (Lipinski definition) is 1. The molecule has 2 aliphatic rings. The Morgan fingerprint density at radius 1 is 1.19 bits per heavy atom. The second kappa shape index (κ2) is 8.87. The van der Waals surface area contributed by atoms with Gasteiger partial charge in [-0.05, 0) is 30.9 Å². The van der Waals surface area contributed by atoms with Gasteiger partial charge in [0.2, 0.25) is 0 Å². The van der Waals surface area contributed by atoms with Gasteiger partial charge in [0.25, 0.3) is 0 Å². The minimum absolute atomic E-state index is 0.0199. The highest BCUT2D eigenvalue weighted by Crippen LogP contribution is 2.33. The lowest BCUT2D eigenvalue weighted by Crippen LogP contribution is -2.60. The number of morpholine rings is 1. The summed E-state index contributed by atoms with van der Waals surface area (Å²) in [5.41, 5.74) is 2.54. The van der Waals surface area contributed by atoms with E-state index in [0.29, 0.717) is 6.54 Å². The molecule has 3 rings (SSSR count). The Bertz CT molecular complexity index is 593. The zero-order valence-electron chi connectivity index (χ0n) is 16.3. The van der Waals surface area contributed by atoms with Crippen molar-refractivity contribution >= 4 is 6.03 Å². The van der Waals surface area contributed by atoms with Crippen LogP contribution in [0.25, 0.3) is 0 Å². The van der Waals surface area contributed by atoms with Crippen LogP contribution >= 0.6 is 0 Å². The molecule has 0 spiro atoms. The van der Waals surface area contributed by atoms with E-state index in [9.17, 15) is 4.79 Å². The van der Waals surface area contributed by atoms with Crippen LogP contribution < -0.4 is 5.32 Å². The molecule has 1 aromatic carbocycles. The summed E-state index contributed by atoms with van der Waals surface area (Å²) in [5, 5.41) is 3.23. The number of rotatable bonds is 5. The number of benzene rings is 1. The molecule has 1 saturated carbocycles. The maximum absolute atomic E-state index is 12.7. The number of carbonyl (C=O) groups excluding carboxylic acids is 1. The molecule has 1 N–H and O–H groups in total. The first-order chi connectivity index (χ1) is 12.6. The van der Waals surface area contributed by atoms with E-state index in [4.69, 9.17) is 4.74 Å². The fourth-order valence-electron chi connectivity index (χ4n) is 4.34. The zero-order valence-corrected chi connectivity index (χ0v) is 16.3. The molecule has 1 saturated heterocycles. The Labute approximate surface area is 157 Å². The fourth-order valence-corrected chi connectivity index (χ4v) is 4.34. The van der Waals surface area contributed by atoms with Crippen molar-refractivity contribution in [3.63, 3.8) is 0 Å². The normalized spacial score (nSPS) is 20.5. The van der Waals surface area contributed by atoms with Crippen LogP contribution in [0.4, 0.5) is 4.79 Å². The lowest BCUT2D eigenvalue weighted by atomic mass is 9.80. The van der Waals surface area contributed by atoms with E-state index in [1.54, 1.807) is 4.90 Å². The van der Waals surface area contributed by atoms with Crippen LogP contribution in [0.3, 0.4) is 0 Å². The molecule has 144 valence electrons. The van der Waals surface area contributed by atoms with Crippen molar-refractivity contribution in [2.75, 3.05) is 39.9 Å². The summed E-state index contributed by atoms with van der Waals surface area (Å²) in [4.78, 5) is 17.1. The number of carbonyl (C=O) groups is 1. The van der Waals surface area contributed by atoms with Crippen LogP contribution in [-0.2, 0) is 11.3 Å². The molecule has 2 fully saturated rings. The fraction of sp³-hybridized carbons (Fsp3) is 0.667. The predicted molar refractivity (Wildman–Crippen MR) is 104 cm³/mol. The topological polar surface area (TPSA) is 44.8 Å². The van der Waals surface area contributed by atoms with E-state index in [2.05, 4.69) is 29.3 Å². The van der Waals surface area contributed by atoms with Crippen molar-refractivity contribution in [3.8, 4) is 0 Å². The standard InChI is InChI=1S/C21H33N3O2/c1-18-8-4-5-9-19(18)16-23(2)20(25)22-17-21(10-6-3-7-11-21)24-12-14-26-15-13-24/h4-5,8-9H,3,6-7,10-17H2,1-2H3,(H,22,25). The van der Waals surface area contributed by atoms with Gasteiger partial charge in [-0.3, -0.25) is 4.90 Å². The largest absolute Gasteiger partial charge is 0.379 e. The molecule has 0 bridgehead atoms. The van der Waals surface area contributed by atoms with Gasteiger partial charge < -0.3 is 15.0 Å². The van der Waals surface area contributed by atoms with E-state index in [-0.39, 0.29) is 11.6 Å². The lowest BCUT2D eigenvalue weighted by molar-refractivity contribution is -0.0360. The number of amides is 2. The monoisotopic (exact) mass is 359 g/mol. The number of ether oxygens (including phenoxy) is 1. The number of nitrogens with one attached hydrogen (secondary N) is 1. The second-order valence-corrected chi connectivity index (χ2v) is 7.83. The van der Waals surface area contributed by atoms with Gasteiger partial charge in [0, 0.05) is 38.8 Å². The van der Waals surface area contributed by atoms with Gasteiger partial charge in [0.1, 0.15) is 0 Å². The average Bonchev–Trinajstić information content (AvgIpc) is 2.69. The van der Waals surface area contributed by atoms with Gasteiger partial charge in [-0.15, -0.1) is 0 Å². The first-order valence-corrected chi connectivity index (χ1v) is 9.97. The predicted octanol–water partition coefficient (Wildman–Crippen LogP) is 3.17. The summed E-state index contributed by atoms with van der Waals surface area (Å²) < 4.78 is 5.54. The van der Waals surface area contributed by atoms with Crippen molar-refractivity contribution in [2.45, 2.75) is 51.1 Å². The van der Waals surface area contributed by atoms with Gasteiger partial charge in [0.05, 0.1) is 13.2 Å². The Morgan fingerprint density at radius 3 is 2.58 bits per heavy atom.